The fourth-order valence-corrected chi connectivity index (χ4v) is 5.00. The number of hydrazine groups is 1. The highest BCUT2D eigenvalue weighted by atomic mass is 19.1. The number of piperazine rings is 1. The van der Waals surface area contributed by atoms with Crippen molar-refractivity contribution in [2.75, 3.05) is 19.9 Å². The molecule has 0 saturated carbocycles. The van der Waals surface area contributed by atoms with E-state index in [1.165, 1.54) is 15.9 Å². The second-order valence-electron chi connectivity index (χ2n) is 9.32. The molecule has 1 N–H and O–H groups in total. The van der Waals surface area contributed by atoms with Crippen LogP contribution < -0.4 is 5.32 Å². The molecule has 39 heavy (non-hydrogen) atoms. The normalized spacial score (nSPS) is 19.7. The third kappa shape index (κ3) is 5.30. The van der Waals surface area contributed by atoms with Crippen molar-refractivity contribution in [1.82, 2.24) is 25.1 Å². The van der Waals surface area contributed by atoms with E-state index >= 15 is 0 Å². The van der Waals surface area contributed by atoms with E-state index in [1.54, 1.807) is 30.3 Å². The van der Waals surface area contributed by atoms with Crippen molar-refractivity contribution in [3.8, 4) is 0 Å². The van der Waals surface area contributed by atoms with Gasteiger partial charge in [-0.3, -0.25) is 9.59 Å². The Bertz CT molecular complexity index is 1360. The number of nitrogens with one attached hydrogen (secondary N) is 1. The average molecular weight is 538 g/mol. The zero-order chi connectivity index (χ0) is 27.5. The van der Waals surface area contributed by atoms with Gasteiger partial charge in [-0.1, -0.05) is 66.7 Å². The lowest BCUT2D eigenvalue weighted by Gasteiger charge is -2.54. The predicted molar refractivity (Wildman–Crippen MR) is 135 cm³/mol. The van der Waals surface area contributed by atoms with E-state index in [-0.39, 0.29) is 25.2 Å². The minimum atomic E-state index is -1.13. The minimum Gasteiger partial charge on any atom is -0.333 e. The van der Waals surface area contributed by atoms with E-state index in [1.807, 2.05) is 30.3 Å². The van der Waals surface area contributed by atoms with Gasteiger partial charge in [0.15, 0.2) is 6.80 Å². The first-order valence-corrected chi connectivity index (χ1v) is 12.4. The molecule has 2 aliphatic heterocycles. The topological polar surface area (TPSA) is 76.2 Å². The average Bonchev–Trinajstić information content (AvgIpc) is 2.94. The number of hydrogen-bond donors (Lipinski definition) is 1. The van der Waals surface area contributed by atoms with Crippen molar-refractivity contribution in [1.29, 1.82) is 0 Å². The molecular weight excluding hydrogens is 511 g/mol. The van der Waals surface area contributed by atoms with Gasteiger partial charge in [-0.15, -0.1) is 0 Å². The standard InChI is InChI=1S/C28H26F3N5O3/c29-18-34-17-25(37)35-24(36(34)28(39)32-14-19-7-3-1-4-8-19)16-33(15-21-11-12-22(30)13-23(21)31)27(38)26(35)20-9-5-2-6-10-20/h1-13,24,26H,14-18H2,(H,32,39)/t24-,26-/m0/s1. The molecule has 0 radical (unpaired) electrons. The lowest BCUT2D eigenvalue weighted by Crippen LogP contribution is -2.74. The molecule has 3 aromatic rings. The number of nitrogens with zero attached hydrogens (tertiary/aromatic N) is 4. The second-order valence-corrected chi connectivity index (χ2v) is 9.32. The Balaban J connectivity index is 1.51. The van der Waals surface area contributed by atoms with Gasteiger partial charge in [0.1, 0.15) is 30.4 Å². The molecule has 0 bridgehead atoms. The maximum absolute atomic E-state index is 14.6. The molecule has 11 heteroatoms. The fourth-order valence-electron chi connectivity index (χ4n) is 5.00. The molecule has 3 aromatic carbocycles. The van der Waals surface area contributed by atoms with Crippen molar-refractivity contribution in [2.24, 2.45) is 0 Å². The maximum atomic E-state index is 14.6. The third-order valence-electron chi connectivity index (χ3n) is 6.85. The highest BCUT2D eigenvalue weighted by molar-refractivity contribution is 5.92. The van der Waals surface area contributed by atoms with E-state index in [0.717, 1.165) is 27.7 Å². The Kier molecular flexibility index (Phi) is 7.51. The summed E-state index contributed by atoms with van der Waals surface area (Å²) >= 11 is 0. The van der Waals surface area contributed by atoms with Gasteiger partial charge in [0.05, 0.1) is 6.54 Å². The zero-order valence-corrected chi connectivity index (χ0v) is 20.8. The van der Waals surface area contributed by atoms with Gasteiger partial charge in [0.25, 0.3) is 5.91 Å². The number of fused-ring (bicyclic) bond motifs is 1. The maximum Gasteiger partial charge on any atom is 0.334 e. The molecule has 2 fully saturated rings. The molecule has 2 saturated heterocycles. The largest absolute Gasteiger partial charge is 0.334 e. The number of alkyl halides is 1. The summed E-state index contributed by atoms with van der Waals surface area (Å²) in [6, 6.07) is 18.9. The second kappa shape index (κ2) is 11.2. The number of carbonyl (C=O) groups is 3. The number of hydrogen-bond acceptors (Lipinski definition) is 4. The highest BCUT2D eigenvalue weighted by Gasteiger charge is 2.52. The van der Waals surface area contributed by atoms with Crippen molar-refractivity contribution in [2.45, 2.75) is 25.3 Å². The summed E-state index contributed by atoms with van der Waals surface area (Å²) in [5.41, 5.74) is 1.37. The van der Waals surface area contributed by atoms with Gasteiger partial charge in [-0.2, -0.15) is 5.01 Å². The number of amides is 4. The molecule has 0 aromatic heterocycles. The SMILES string of the molecule is O=C1[C@H](c2ccccc2)N2C(=O)CN(CF)N(C(=O)NCc3ccccc3)[C@H]2CN1Cc1ccc(F)cc1F. The van der Waals surface area contributed by atoms with Crippen molar-refractivity contribution in [3.05, 3.63) is 107 Å². The number of benzene rings is 3. The quantitative estimate of drug-likeness (QED) is 0.488. The Morgan fingerprint density at radius 2 is 1.64 bits per heavy atom. The van der Waals surface area contributed by atoms with Crippen LogP contribution in [0.2, 0.25) is 0 Å². The van der Waals surface area contributed by atoms with Crippen molar-refractivity contribution >= 4 is 17.8 Å². The first-order valence-electron chi connectivity index (χ1n) is 12.4. The van der Waals surface area contributed by atoms with Crippen molar-refractivity contribution < 1.29 is 27.6 Å². The van der Waals surface area contributed by atoms with Crippen LogP contribution in [-0.4, -0.2) is 63.7 Å². The van der Waals surface area contributed by atoms with Gasteiger partial charge in [-0.05, 0) is 17.2 Å². The summed E-state index contributed by atoms with van der Waals surface area (Å²) in [7, 11) is 0. The third-order valence-corrected chi connectivity index (χ3v) is 6.85. The summed E-state index contributed by atoms with van der Waals surface area (Å²) in [6.45, 7) is -1.86. The molecule has 4 amide bonds. The molecular formula is C28H26F3N5O3. The minimum absolute atomic E-state index is 0.0644. The van der Waals surface area contributed by atoms with Gasteiger partial charge < -0.3 is 15.1 Å². The Hall–Kier alpha value is -4.38. The fraction of sp³-hybridized carbons (Fsp3) is 0.250. The Morgan fingerprint density at radius 3 is 2.31 bits per heavy atom. The summed E-state index contributed by atoms with van der Waals surface area (Å²) in [4.78, 5) is 43.1. The van der Waals surface area contributed by atoms with Gasteiger partial charge in [0, 0.05) is 24.7 Å². The first-order chi connectivity index (χ1) is 18.9. The summed E-state index contributed by atoms with van der Waals surface area (Å²) in [5, 5.41) is 4.86. The molecule has 202 valence electrons. The predicted octanol–water partition coefficient (Wildman–Crippen LogP) is 3.57. The lowest BCUT2D eigenvalue weighted by molar-refractivity contribution is -0.196. The molecule has 0 aliphatic carbocycles. The number of halogens is 3. The van der Waals surface area contributed by atoms with Crippen molar-refractivity contribution in [3.63, 3.8) is 0 Å². The lowest BCUT2D eigenvalue weighted by atomic mass is 9.98. The van der Waals surface area contributed by atoms with Crippen LogP contribution in [0.4, 0.5) is 18.0 Å². The van der Waals surface area contributed by atoms with E-state index in [2.05, 4.69) is 5.32 Å². The summed E-state index contributed by atoms with van der Waals surface area (Å²) < 4.78 is 42.3. The van der Waals surface area contributed by atoms with Crippen LogP contribution in [0.3, 0.4) is 0 Å². The van der Waals surface area contributed by atoms with Crippen LogP contribution in [-0.2, 0) is 22.7 Å². The van der Waals surface area contributed by atoms with Crippen LogP contribution in [0.25, 0.3) is 0 Å². The Labute approximate surface area is 223 Å². The van der Waals surface area contributed by atoms with Crippen LogP contribution in [0.1, 0.15) is 22.7 Å². The van der Waals surface area contributed by atoms with E-state index in [0.29, 0.717) is 5.56 Å². The molecule has 2 atom stereocenters. The number of rotatable bonds is 6. The smallest absolute Gasteiger partial charge is 0.333 e. The monoisotopic (exact) mass is 537 g/mol. The zero-order valence-electron chi connectivity index (χ0n) is 20.8. The van der Waals surface area contributed by atoms with E-state index in [9.17, 15) is 27.6 Å². The summed E-state index contributed by atoms with van der Waals surface area (Å²) in [6.07, 6.45) is -1.08. The highest BCUT2D eigenvalue weighted by Crippen LogP contribution is 2.35. The molecule has 2 heterocycles. The van der Waals surface area contributed by atoms with Crippen LogP contribution in [0, 0.1) is 11.6 Å². The first kappa shape index (κ1) is 26.2. The van der Waals surface area contributed by atoms with E-state index < -0.39 is 55.0 Å². The van der Waals surface area contributed by atoms with Gasteiger partial charge in [0.2, 0.25) is 5.91 Å². The van der Waals surface area contributed by atoms with Gasteiger partial charge >= 0.3 is 6.03 Å². The molecule has 8 nitrogen and oxygen atoms in total. The van der Waals surface area contributed by atoms with Crippen LogP contribution in [0.5, 0.6) is 0 Å². The van der Waals surface area contributed by atoms with Crippen LogP contribution >= 0.6 is 0 Å². The molecule has 5 rings (SSSR count). The number of urea groups is 1. The summed E-state index contributed by atoms with van der Waals surface area (Å²) in [5.74, 6) is -2.61. The molecule has 0 spiro atoms. The van der Waals surface area contributed by atoms with E-state index in [4.69, 9.17) is 0 Å². The Morgan fingerprint density at radius 1 is 0.949 bits per heavy atom. The van der Waals surface area contributed by atoms with Gasteiger partial charge in [-0.25, -0.2) is 23.0 Å². The van der Waals surface area contributed by atoms with Crippen LogP contribution in [0.15, 0.2) is 78.9 Å². The number of carbonyl (C=O) groups excluding carboxylic acids is 3. The molecule has 0 unspecified atom stereocenters. The molecule has 2 aliphatic rings.